The molecule has 0 spiro atoms. The Morgan fingerprint density at radius 3 is 2.62 bits per heavy atom. The van der Waals surface area contributed by atoms with Gasteiger partial charge in [0.15, 0.2) is 0 Å². The first kappa shape index (κ1) is 14.0. The van der Waals surface area contributed by atoms with Crippen molar-refractivity contribution in [2.75, 3.05) is 18.6 Å². The van der Waals surface area contributed by atoms with E-state index in [1.807, 2.05) is 0 Å². The van der Waals surface area contributed by atoms with Crippen molar-refractivity contribution in [2.45, 2.75) is 45.4 Å². The van der Waals surface area contributed by atoms with Gasteiger partial charge < -0.3 is 5.73 Å². The molecule has 3 nitrogen and oxygen atoms in total. The van der Waals surface area contributed by atoms with Gasteiger partial charge in [0.25, 0.3) is 0 Å². The summed E-state index contributed by atoms with van der Waals surface area (Å²) in [5, 5.41) is 0. The molecule has 0 radical (unpaired) electrons. The molecule has 2 unspecified atom stereocenters. The Balaban J connectivity index is 2.62. The van der Waals surface area contributed by atoms with Crippen LogP contribution >= 0.6 is 0 Å². The molecule has 0 aromatic heterocycles. The van der Waals surface area contributed by atoms with E-state index in [1.165, 1.54) is 25.5 Å². The normalized spacial score (nSPS) is 31.6. The Hall–Kier alpha value is -0.0900. The van der Waals surface area contributed by atoms with E-state index in [4.69, 9.17) is 5.73 Å². The van der Waals surface area contributed by atoms with Gasteiger partial charge in [-0.25, -0.2) is 8.42 Å². The summed E-state index contributed by atoms with van der Waals surface area (Å²) in [4.78, 5) is 0. The molecular weight excluding hydrogens is 222 g/mol. The third kappa shape index (κ3) is 4.06. The second-order valence-electron chi connectivity index (χ2n) is 5.45. The Morgan fingerprint density at radius 1 is 1.44 bits per heavy atom. The van der Waals surface area contributed by atoms with E-state index in [1.54, 1.807) is 0 Å². The molecule has 0 amide bonds. The van der Waals surface area contributed by atoms with Crippen molar-refractivity contribution in [1.82, 2.24) is 0 Å². The van der Waals surface area contributed by atoms with Crippen molar-refractivity contribution in [3.63, 3.8) is 0 Å². The predicted molar refractivity (Wildman–Crippen MR) is 68.1 cm³/mol. The minimum atomic E-state index is -2.85. The van der Waals surface area contributed by atoms with Gasteiger partial charge in [-0.3, -0.25) is 0 Å². The van der Waals surface area contributed by atoms with Crippen molar-refractivity contribution in [1.29, 1.82) is 0 Å². The molecule has 0 aliphatic heterocycles. The number of nitrogens with two attached hydrogens (primary N) is 1. The second kappa shape index (κ2) is 5.50. The molecule has 1 fully saturated rings. The van der Waals surface area contributed by atoms with E-state index in [0.717, 1.165) is 25.2 Å². The highest BCUT2D eigenvalue weighted by Gasteiger charge is 2.34. The van der Waals surface area contributed by atoms with Crippen LogP contribution in [0, 0.1) is 11.3 Å². The SMILES string of the molecule is CCC1CCCC(CN)(CCS(C)(=O)=O)C1. The largest absolute Gasteiger partial charge is 0.330 e. The Morgan fingerprint density at radius 2 is 2.12 bits per heavy atom. The lowest BCUT2D eigenvalue weighted by molar-refractivity contribution is 0.138. The van der Waals surface area contributed by atoms with E-state index >= 15 is 0 Å². The quantitative estimate of drug-likeness (QED) is 0.808. The first-order valence-electron chi connectivity index (χ1n) is 6.28. The first-order chi connectivity index (χ1) is 7.41. The first-order valence-corrected chi connectivity index (χ1v) is 8.35. The van der Waals surface area contributed by atoms with Gasteiger partial charge in [-0.1, -0.05) is 26.2 Å². The van der Waals surface area contributed by atoms with Crippen LogP contribution in [0.15, 0.2) is 0 Å². The maximum absolute atomic E-state index is 11.2. The molecule has 0 aromatic rings. The zero-order valence-electron chi connectivity index (χ0n) is 10.5. The maximum Gasteiger partial charge on any atom is 0.147 e. The molecule has 0 heterocycles. The van der Waals surface area contributed by atoms with E-state index in [0.29, 0.717) is 12.3 Å². The summed E-state index contributed by atoms with van der Waals surface area (Å²) < 4.78 is 22.5. The fraction of sp³-hybridized carbons (Fsp3) is 1.00. The molecule has 2 N–H and O–H groups in total. The van der Waals surface area contributed by atoms with E-state index < -0.39 is 9.84 Å². The molecule has 2 atom stereocenters. The van der Waals surface area contributed by atoms with Crippen molar-refractivity contribution >= 4 is 9.84 Å². The van der Waals surface area contributed by atoms with Gasteiger partial charge in [0, 0.05) is 6.26 Å². The van der Waals surface area contributed by atoms with Gasteiger partial charge in [0.05, 0.1) is 5.75 Å². The molecule has 1 aliphatic carbocycles. The molecule has 4 heteroatoms. The van der Waals surface area contributed by atoms with Gasteiger partial charge in [-0.05, 0) is 37.1 Å². The molecule has 1 saturated carbocycles. The zero-order valence-corrected chi connectivity index (χ0v) is 11.4. The average molecular weight is 247 g/mol. The number of hydrogen-bond donors (Lipinski definition) is 1. The number of rotatable bonds is 5. The van der Waals surface area contributed by atoms with Gasteiger partial charge in [-0.2, -0.15) is 0 Å². The molecule has 0 aromatic carbocycles. The minimum Gasteiger partial charge on any atom is -0.330 e. The molecule has 1 rings (SSSR count). The third-order valence-electron chi connectivity index (χ3n) is 4.05. The zero-order chi connectivity index (χ0) is 12.2. The summed E-state index contributed by atoms with van der Waals surface area (Å²) in [5.41, 5.74) is 5.99. The topological polar surface area (TPSA) is 60.2 Å². The Labute approximate surface area is 99.7 Å². The molecule has 0 bridgehead atoms. The van der Waals surface area contributed by atoms with E-state index in [2.05, 4.69) is 6.92 Å². The van der Waals surface area contributed by atoms with Crippen molar-refractivity contribution < 1.29 is 8.42 Å². The predicted octanol–water partition coefficient (Wildman–Crippen LogP) is 1.97. The monoisotopic (exact) mass is 247 g/mol. The van der Waals surface area contributed by atoms with Crippen LogP contribution in [0.5, 0.6) is 0 Å². The van der Waals surface area contributed by atoms with E-state index in [-0.39, 0.29) is 5.41 Å². The Kier molecular flexibility index (Phi) is 4.80. The minimum absolute atomic E-state index is 0.0992. The lowest BCUT2D eigenvalue weighted by Gasteiger charge is -2.40. The van der Waals surface area contributed by atoms with Crippen LogP contribution in [0.2, 0.25) is 0 Å². The second-order valence-corrected chi connectivity index (χ2v) is 7.71. The average Bonchev–Trinajstić information content (AvgIpc) is 2.26. The summed E-state index contributed by atoms with van der Waals surface area (Å²) in [6.45, 7) is 2.85. The van der Waals surface area contributed by atoms with Crippen LogP contribution in [0.3, 0.4) is 0 Å². The van der Waals surface area contributed by atoms with Crippen LogP contribution in [-0.4, -0.2) is 27.0 Å². The summed E-state index contributed by atoms with van der Waals surface area (Å²) in [6.07, 6.45) is 7.98. The van der Waals surface area contributed by atoms with Crippen molar-refractivity contribution in [3.05, 3.63) is 0 Å². The Bertz CT molecular complexity index is 313. The highest BCUT2D eigenvalue weighted by molar-refractivity contribution is 7.90. The maximum atomic E-state index is 11.2. The molecule has 1 aliphatic rings. The highest BCUT2D eigenvalue weighted by Crippen LogP contribution is 2.42. The van der Waals surface area contributed by atoms with Gasteiger partial charge in [-0.15, -0.1) is 0 Å². The fourth-order valence-corrected chi connectivity index (χ4v) is 3.65. The van der Waals surface area contributed by atoms with Crippen LogP contribution in [-0.2, 0) is 9.84 Å². The molecular formula is C12H25NO2S. The van der Waals surface area contributed by atoms with Gasteiger partial charge in [0.2, 0.25) is 0 Å². The van der Waals surface area contributed by atoms with Crippen molar-refractivity contribution in [3.8, 4) is 0 Å². The van der Waals surface area contributed by atoms with Gasteiger partial charge >= 0.3 is 0 Å². The smallest absolute Gasteiger partial charge is 0.147 e. The summed E-state index contributed by atoms with van der Waals surface area (Å²) >= 11 is 0. The standard InChI is InChI=1S/C12H25NO2S/c1-3-11-5-4-6-12(9-11,10-13)7-8-16(2,14)15/h11H,3-10,13H2,1-2H3. The lowest BCUT2D eigenvalue weighted by Crippen LogP contribution is -2.37. The van der Waals surface area contributed by atoms with Crippen LogP contribution in [0.1, 0.15) is 45.4 Å². The third-order valence-corrected chi connectivity index (χ3v) is 5.00. The number of hydrogen-bond acceptors (Lipinski definition) is 3. The molecule has 16 heavy (non-hydrogen) atoms. The van der Waals surface area contributed by atoms with E-state index in [9.17, 15) is 8.42 Å². The fourth-order valence-electron chi connectivity index (χ4n) is 2.85. The molecule has 96 valence electrons. The van der Waals surface area contributed by atoms with Crippen molar-refractivity contribution in [2.24, 2.45) is 17.1 Å². The van der Waals surface area contributed by atoms with Crippen LogP contribution < -0.4 is 5.73 Å². The lowest BCUT2D eigenvalue weighted by atomic mass is 9.67. The summed E-state index contributed by atoms with van der Waals surface area (Å²) in [6, 6.07) is 0. The summed E-state index contributed by atoms with van der Waals surface area (Å²) in [7, 11) is -2.85. The van der Waals surface area contributed by atoms with Gasteiger partial charge in [0.1, 0.15) is 9.84 Å². The highest BCUT2D eigenvalue weighted by atomic mass is 32.2. The van der Waals surface area contributed by atoms with Crippen LogP contribution in [0.4, 0.5) is 0 Å². The molecule has 0 saturated heterocycles. The number of sulfone groups is 1. The summed E-state index contributed by atoms with van der Waals surface area (Å²) in [5.74, 6) is 1.04. The van der Waals surface area contributed by atoms with Crippen LogP contribution in [0.25, 0.3) is 0 Å².